The van der Waals surface area contributed by atoms with Gasteiger partial charge in [0.15, 0.2) is 0 Å². The van der Waals surface area contributed by atoms with Crippen molar-refractivity contribution in [2.45, 2.75) is 75.3 Å². The summed E-state index contributed by atoms with van der Waals surface area (Å²) in [5.41, 5.74) is 4.50. The van der Waals surface area contributed by atoms with Crippen molar-refractivity contribution in [1.82, 2.24) is 4.90 Å². The molecule has 1 spiro atoms. The minimum atomic E-state index is -4.65. The third kappa shape index (κ3) is 4.67. The van der Waals surface area contributed by atoms with Crippen LogP contribution < -0.4 is 4.74 Å². The van der Waals surface area contributed by atoms with E-state index in [2.05, 4.69) is 26.9 Å². The van der Waals surface area contributed by atoms with Crippen LogP contribution in [0.3, 0.4) is 0 Å². The molecule has 0 radical (unpaired) electrons. The van der Waals surface area contributed by atoms with Crippen LogP contribution >= 0.6 is 0 Å². The first kappa shape index (κ1) is 22.0. The molecule has 180 valence electrons. The lowest BCUT2D eigenvalue weighted by molar-refractivity contribution is -0.275. The van der Waals surface area contributed by atoms with Crippen molar-refractivity contribution in [3.63, 3.8) is 0 Å². The van der Waals surface area contributed by atoms with Gasteiger partial charge in [-0.2, -0.15) is 0 Å². The zero-order valence-corrected chi connectivity index (χ0v) is 19.1. The van der Waals surface area contributed by atoms with Crippen molar-refractivity contribution in [3.8, 4) is 5.75 Å². The van der Waals surface area contributed by atoms with Gasteiger partial charge < -0.3 is 9.57 Å². The van der Waals surface area contributed by atoms with Crippen LogP contribution in [0.5, 0.6) is 5.75 Å². The number of oxime groups is 1. The van der Waals surface area contributed by atoms with Gasteiger partial charge in [-0.05, 0) is 59.8 Å². The molecule has 0 unspecified atom stereocenters. The molecule has 2 aromatic carbocycles. The summed E-state index contributed by atoms with van der Waals surface area (Å²) in [5, 5.41) is 4.40. The van der Waals surface area contributed by atoms with Gasteiger partial charge in [0.1, 0.15) is 11.4 Å². The van der Waals surface area contributed by atoms with E-state index in [-0.39, 0.29) is 23.2 Å². The number of likely N-dealkylation sites (tertiary alicyclic amines) is 1. The molecule has 0 aromatic heterocycles. The fourth-order valence-electron chi connectivity index (χ4n) is 5.41. The second kappa shape index (κ2) is 8.29. The molecule has 1 saturated heterocycles. The third-order valence-electron chi connectivity index (χ3n) is 7.58. The molecule has 3 fully saturated rings. The second-order valence-electron chi connectivity index (χ2n) is 10.3. The van der Waals surface area contributed by atoms with Gasteiger partial charge in [0, 0.05) is 38.9 Å². The Hall–Kier alpha value is -2.54. The van der Waals surface area contributed by atoms with Gasteiger partial charge in [0.2, 0.25) is 0 Å². The Kier molecular flexibility index (Phi) is 5.36. The van der Waals surface area contributed by atoms with E-state index in [0.29, 0.717) is 0 Å². The third-order valence-corrected chi connectivity index (χ3v) is 7.58. The minimum absolute atomic E-state index is 0.0868. The lowest BCUT2D eigenvalue weighted by atomic mass is 9.85. The molecule has 2 aromatic rings. The first-order valence-corrected chi connectivity index (χ1v) is 12.3. The van der Waals surface area contributed by atoms with E-state index in [1.807, 2.05) is 30.3 Å². The van der Waals surface area contributed by atoms with Crippen LogP contribution in [0.1, 0.15) is 79.0 Å². The lowest BCUT2D eigenvalue weighted by Crippen LogP contribution is -2.44. The van der Waals surface area contributed by atoms with Crippen LogP contribution in [-0.2, 0) is 11.4 Å². The van der Waals surface area contributed by atoms with E-state index < -0.39 is 6.36 Å². The number of hydrogen-bond donors (Lipinski definition) is 0. The van der Waals surface area contributed by atoms with Crippen molar-refractivity contribution < 1.29 is 22.7 Å². The van der Waals surface area contributed by atoms with Crippen LogP contribution in [0, 0.1) is 0 Å². The Bertz CT molecular complexity index is 1050. The molecule has 0 N–H and O–H groups in total. The lowest BCUT2D eigenvalue weighted by Gasteiger charge is -2.37. The molecule has 7 heteroatoms. The summed E-state index contributed by atoms with van der Waals surface area (Å²) < 4.78 is 44.1. The molecule has 2 saturated carbocycles. The molecule has 6 rings (SSSR count). The van der Waals surface area contributed by atoms with Crippen LogP contribution in [0.15, 0.2) is 47.6 Å². The molecule has 0 bridgehead atoms. The Balaban J connectivity index is 1.15. The van der Waals surface area contributed by atoms with Gasteiger partial charge in [0.05, 0.1) is 5.71 Å². The molecule has 4 aliphatic rings. The molecular weight excluding hydrogens is 441 g/mol. The standard InChI is InChI=1S/C27H29F3N2O2/c28-27(29,30)33-25-22(19-6-7-19)14-18(15-23(25)20-8-9-20)17-32-12-10-26(11-13-32)16-24(31-34-26)21-4-2-1-3-5-21/h1-5,14-15,19-20H,6-13,16-17H2. The number of rotatable bonds is 6. The van der Waals surface area contributed by atoms with Gasteiger partial charge in [-0.1, -0.05) is 47.6 Å². The van der Waals surface area contributed by atoms with Crippen molar-refractivity contribution in [2.75, 3.05) is 13.1 Å². The molecular formula is C27H29F3N2O2. The quantitative estimate of drug-likeness (QED) is 0.483. The van der Waals surface area contributed by atoms with E-state index in [1.54, 1.807) is 0 Å². The van der Waals surface area contributed by atoms with Crippen LogP contribution in [-0.4, -0.2) is 35.7 Å². The summed E-state index contributed by atoms with van der Waals surface area (Å²) >= 11 is 0. The molecule has 0 atom stereocenters. The van der Waals surface area contributed by atoms with Crippen LogP contribution in [0.4, 0.5) is 13.2 Å². The number of piperidine rings is 1. The summed E-state index contributed by atoms with van der Waals surface area (Å²) in [6.07, 6.45) is 1.72. The van der Waals surface area contributed by atoms with Crippen LogP contribution in [0.25, 0.3) is 0 Å². The van der Waals surface area contributed by atoms with E-state index >= 15 is 0 Å². The van der Waals surface area contributed by atoms with E-state index in [0.717, 1.165) is 92.5 Å². The van der Waals surface area contributed by atoms with E-state index in [4.69, 9.17) is 4.84 Å². The summed E-state index contributed by atoms with van der Waals surface area (Å²) in [6, 6.07) is 14.1. The summed E-state index contributed by atoms with van der Waals surface area (Å²) in [4.78, 5) is 8.36. The fourth-order valence-corrected chi connectivity index (χ4v) is 5.41. The first-order chi connectivity index (χ1) is 16.4. The maximum Gasteiger partial charge on any atom is 0.573 e. The molecule has 4 nitrogen and oxygen atoms in total. The maximum absolute atomic E-state index is 13.2. The average molecular weight is 471 g/mol. The van der Waals surface area contributed by atoms with Gasteiger partial charge in [-0.25, -0.2) is 0 Å². The zero-order valence-electron chi connectivity index (χ0n) is 19.1. The molecule has 2 aliphatic carbocycles. The Morgan fingerprint density at radius 1 is 0.971 bits per heavy atom. The van der Waals surface area contributed by atoms with E-state index in [9.17, 15) is 13.2 Å². The topological polar surface area (TPSA) is 34.1 Å². The summed E-state index contributed by atoms with van der Waals surface area (Å²) in [5.74, 6) is 0.475. The second-order valence-corrected chi connectivity index (χ2v) is 10.3. The number of nitrogens with zero attached hydrogens (tertiary/aromatic N) is 2. The summed E-state index contributed by atoms with van der Waals surface area (Å²) in [7, 11) is 0. The first-order valence-electron chi connectivity index (χ1n) is 12.3. The van der Waals surface area contributed by atoms with Gasteiger partial charge >= 0.3 is 6.36 Å². The van der Waals surface area contributed by atoms with Crippen molar-refractivity contribution in [3.05, 3.63) is 64.7 Å². The Morgan fingerprint density at radius 3 is 2.15 bits per heavy atom. The smallest absolute Gasteiger partial charge is 0.405 e. The monoisotopic (exact) mass is 470 g/mol. The molecule has 2 heterocycles. The zero-order chi connectivity index (χ0) is 23.3. The molecule has 34 heavy (non-hydrogen) atoms. The largest absolute Gasteiger partial charge is 0.573 e. The van der Waals surface area contributed by atoms with Crippen LogP contribution in [0.2, 0.25) is 0 Å². The van der Waals surface area contributed by atoms with Crippen molar-refractivity contribution >= 4 is 5.71 Å². The number of ether oxygens (including phenoxy) is 1. The highest BCUT2D eigenvalue weighted by atomic mass is 19.4. The number of alkyl halides is 3. The maximum atomic E-state index is 13.2. The van der Waals surface area contributed by atoms with Gasteiger partial charge in [-0.15, -0.1) is 13.2 Å². The number of benzene rings is 2. The van der Waals surface area contributed by atoms with E-state index in [1.165, 1.54) is 0 Å². The predicted octanol–water partition coefficient (Wildman–Crippen LogP) is 6.50. The SMILES string of the molecule is FC(F)(F)Oc1c(C2CC2)cc(CN2CCC3(CC2)CC(c2ccccc2)=NO3)cc1C1CC1. The Labute approximate surface area is 197 Å². The van der Waals surface area contributed by atoms with Crippen molar-refractivity contribution in [2.24, 2.45) is 5.16 Å². The molecule has 2 aliphatic heterocycles. The summed E-state index contributed by atoms with van der Waals surface area (Å²) in [6.45, 7) is 2.51. The normalized spacial score (nSPS) is 22.5. The van der Waals surface area contributed by atoms with Gasteiger partial charge in [-0.3, -0.25) is 4.90 Å². The number of hydrogen-bond acceptors (Lipinski definition) is 4. The average Bonchev–Trinajstić information content (AvgIpc) is 3.74. The highest BCUT2D eigenvalue weighted by Gasteiger charge is 2.43. The van der Waals surface area contributed by atoms with Gasteiger partial charge in [0.25, 0.3) is 0 Å². The highest BCUT2D eigenvalue weighted by Crippen LogP contribution is 2.52. The molecule has 0 amide bonds. The van der Waals surface area contributed by atoms with Crippen molar-refractivity contribution in [1.29, 1.82) is 0 Å². The number of halogens is 3. The Morgan fingerprint density at radius 2 is 1.59 bits per heavy atom. The predicted molar refractivity (Wildman–Crippen MR) is 123 cm³/mol. The highest BCUT2D eigenvalue weighted by molar-refractivity contribution is 6.01. The fraction of sp³-hybridized carbons (Fsp3) is 0.519. The minimum Gasteiger partial charge on any atom is -0.405 e.